The first-order valence-electron chi connectivity index (χ1n) is 9.43. The summed E-state index contributed by atoms with van der Waals surface area (Å²) < 4.78 is 32.0. The molecule has 1 aliphatic rings. The molecule has 0 unspecified atom stereocenters. The highest BCUT2D eigenvalue weighted by atomic mass is 32.2. The number of ether oxygens (including phenoxy) is 1. The average Bonchev–Trinajstić information content (AvgIpc) is 2.77. The second kappa shape index (κ2) is 8.88. The van der Waals surface area contributed by atoms with Crippen molar-refractivity contribution in [2.24, 2.45) is 0 Å². The van der Waals surface area contributed by atoms with E-state index in [0.29, 0.717) is 5.56 Å². The van der Waals surface area contributed by atoms with E-state index >= 15 is 0 Å². The topological polar surface area (TPSA) is 153 Å². The molecule has 0 saturated carbocycles. The third-order valence-electron chi connectivity index (χ3n) is 5.15. The molecule has 0 N–H and O–H groups in total. The van der Waals surface area contributed by atoms with Crippen LogP contribution in [0.15, 0.2) is 41.3 Å². The highest BCUT2D eigenvalue weighted by Gasteiger charge is 2.32. The number of nitrogens with zero attached hydrogens (tertiary/aromatic N) is 4. The molecular weight excluding hydrogens is 444 g/mol. The van der Waals surface area contributed by atoms with Gasteiger partial charge in [0.25, 0.3) is 11.6 Å². The Morgan fingerprint density at radius 2 is 1.59 bits per heavy atom. The molecule has 3 rings (SSSR count). The van der Waals surface area contributed by atoms with E-state index in [2.05, 4.69) is 0 Å². The molecule has 2 aromatic carbocycles. The van der Waals surface area contributed by atoms with Crippen LogP contribution < -0.4 is 4.74 Å². The maximum Gasteiger partial charge on any atom is 0.312 e. The van der Waals surface area contributed by atoms with Gasteiger partial charge in [-0.3, -0.25) is 25.0 Å². The lowest BCUT2D eigenvalue weighted by Gasteiger charge is -2.34. The molecule has 1 heterocycles. The van der Waals surface area contributed by atoms with Crippen molar-refractivity contribution in [3.05, 3.63) is 67.8 Å². The summed E-state index contributed by atoms with van der Waals surface area (Å²) >= 11 is 0. The fourth-order valence-corrected chi connectivity index (χ4v) is 4.87. The van der Waals surface area contributed by atoms with Gasteiger partial charge in [0.15, 0.2) is 5.75 Å². The number of carbonyl (C=O) groups is 1. The molecule has 13 heteroatoms. The third-order valence-corrected chi connectivity index (χ3v) is 7.05. The molecule has 0 spiro atoms. The molecule has 1 saturated heterocycles. The van der Waals surface area contributed by atoms with Crippen LogP contribution in [-0.2, 0) is 10.0 Å². The molecule has 1 fully saturated rings. The first-order chi connectivity index (χ1) is 15.1. The second-order valence-electron chi connectivity index (χ2n) is 7.05. The smallest absolute Gasteiger partial charge is 0.312 e. The van der Waals surface area contributed by atoms with Crippen LogP contribution in [0, 0.1) is 27.2 Å². The highest BCUT2D eigenvalue weighted by molar-refractivity contribution is 7.89. The normalized spacial score (nSPS) is 14.8. The predicted molar refractivity (Wildman–Crippen MR) is 112 cm³/mol. The SMILES string of the molecule is COc1ccc(S(=O)(=O)N2CCN(C(=O)c3ccc([N+](=O)[O-])c(C)c3)CC2)cc1[N+](=O)[O-]. The summed E-state index contributed by atoms with van der Waals surface area (Å²) in [5.41, 5.74) is 0.0697. The van der Waals surface area contributed by atoms with E-state index in [1.807, 2.05) is 0 Å². The number of sulfonamides is 1. The summed E-state index contributed by atoms with van der Waals surface area (Å²) in [6, 6.07) is 7.47. The molecule has 1 amide bonds. The Morgan fingerprint density at radius 1 is 0.969 bits per heavy atom. The molecular formula is C19H20N4O8S. The van der Waals surface area contributed by atoms with Crippen molar-refractivity contribution >= 4 is 27.3 Å². The zero-order valence-corrected chi connectivity index (χ0v) is 18.1. The van der Waals surface area contributed by atoms with Crippen LogP contribution in [0.1, 0.15) is 15.9 Å². The number of carbonyl (C=O) groups excluding carboxylic acids is 1. The fraction of sp³-hybridized carbons (Fsp3) is 0.316. The minimum absolute atomic E-state index is 0.000135. The van der Waals surface area contributed by atoms with Gasteiger partial charge in [-0.2, -0.15) is 4.31 Å². The number of benzene rings is 2. The van der Waals surface area contributed by atoms with E-state index < -0.39 is 25.6 Å². The van der Waals surface area contributed by atoms with Gasteiger partial charge in [-0.25, -0.2) is 8.42 Å². The zero-order chi connectivity index (χ0) is 23.6. The molecule has 12 nitrogen and oxygen atoms in total. The van der Waals surface area contributed by atoms with Crippen molar-refractivity contribution in [1.29, 1.82) is 0 Å². The van der Waals surface area contributed by atoms with E-state index in [0.717, 1.165) is 10.4 Å². The molecule has 0 atom stereocenters. The number of piperazine rings is 1. The summed E-state index contributed by atoms with van der Waals surface area (Å²) in [5.74, 6) is -0.414. The third kappa shape index (κ3) is 4.38. The van der Waals surface area contributed by atoms with Crippen molar-refractivity contribution in [3.63, 3.8) is 0 Å². The molecule has 32 heavy (non-hydrogen) atoms. The second-order valence-corrected chi connectivity index (χ2v) is 8.98. The Labute approximate surface area is 183 Å². The first kappa shape index (κ1) is 23.1. The van der Waals surface area contributed by atoms with E-state index in [1.165, 1.54) is 49.3 Å². The van der Waals surface area contributed by atoms with E-state index in [-0.39, 0.29) is 54.0 Å². The zero-order valence-electron chi connectivity index (χ0n) is 17.3. The largest absolute Gasteiger partial charge is 0.490 e. The van der Waals surface area contributed by atoms with Crippen LogP contribution >= 0.6 is 0 Å². The van der Waals surface area contributed by atoms with Crippen LogP contribution in [0.5, 0.6) is 5.75 Å². The molecule has 170 valence electrons. The molecule has 0 bridgehead atoms. The van der Waals surface area contributed by atoms with Gasteiger partial charge in [-0.05, 0) is 31.2 Å². The molecule has 0 aliphatic carbocycles. The monoisotopic (exact) mass is 464 g/mol. The van der Waals surface area contributed by atoms with Crippen molar-refractivity contribution < 1.29 is 27.8 Å². The number of amides is 1. The van der Waals surface area contributed by atoms with Gasteiger partial charge in [0, 0.05) is 49.4 Å². The van der Waals surface area contributed by atoms with E-state index in [4.69, 9.17) is 4.74 Å². The lowest BCUT2D eigenvalue weighted by atomic mass is 10.1. The molecule has 0 aromatic heterocycles. The quantitative estimate of drug-likeness (QED) is 0.464. The Kier molecular flexibility index (Phi) is 6.41. The number of nitro benzene ring substituents is 2. The van der Waals surface area contributed by atoms with Crippen LogP contribution in [0.2, 0.25) is 0 Å². The Bertz CT molecular complexity index is 1190. The minimum atomic E-state index is -4.02. The van der Waals surface area contributed by atoms with Gasteiger partial charge >= 0.3 is 5.69 Å². The number of rotatable bonds is 6. The Balaban J connectivity index is 1.74. The van der Waals surface area contributed by atoms with Gasteiger partial charge in [0.05, 0.1) is 21.9 Å². The van der Waals surface area contributed by atoms with Crippen LogP contribution in [0.3, 0.4) is 0 Å². The summed E-state index contributed by atoms with van der Waals surface area (Å²) in [4.78, 5) is 34.9. The van der Waals surface area contributed by atoms with Gasteiger partial charge in [-0.1, -0.05) is 0 Å². The Morgan fingerprint density at radius 3 is 2.12 bits per heavy atom. The lowest BCUT2D eigenvalue weighted by Crippen LogP contribution is -2.50. The average molecular weight is 464 g/mol. The lowest BCUT2D eigenvalue weighted by molar-refractivity contribution is -0.386. The number of nitro groups is 2. The summed E-state index contributed by atoms with van der Waals surface area (Å²) in [5, 5.41) is 22.2. The van der Waals surface area contributed by atoms with Gasteiger partial charge < -0.3 is 9.64 Å². The summed E-state index contributed by atoms with van der Waals surface area (Å²) in [6.07, 6.45) is 0. The van der Waals surface area contributed by atoms with Gasteiger partial charge in [0.2, 0.25) is 10.0 Å². The van der Waals surface area contributed by atoms with Crippen molar-refractivity contribution in [1.82, 2.24) is 9.21 Å². The molecule has 1 aliphatic heterocycles. The Hall–Kier alpha value is -3.58. The maximum atomic E-state index is 12.9. The van der Waals surface area contributed by atoms with E-state index in [1.54, 1.807) is 0 Å². The molecule has 0 radical (unpaired) electrons. The van der Waals surface area contributed by atoms with Crippen LogP contribution in [-0.4, -0.2) is 66.7 Å². The van der Waals surface area contributed by atoms with Gasteiger partial charge in [0.1, 0.15) is 0 Å². The number of methoxy groups -OCH3 is 1. The van der Waals surface area contributed by atoms with Crippen molar-refractivity contribution in [2.75, 3.05) is 33.3 Å². The number of aryl methyl sites for hydroxylation is 1. The highest BCUT2D eigenvalue weighted by Crippen LogP contribution is 2.31. The van der Waals surface area contributed by atoms with E-state index in [9.17, 15) is 33.4 Å². The van der Waals surface area contributed by atoms with Gasteiger partial charge in [-0.15, -0.1) is 0 Å². The first-order valence-corrected chi connectivity index (χ1v) is 10.9. The summed E-state index contributed by atoms with van der Waals surface area (Å²) in [6.45, 7) is 1.74. The van der Waals surface area contributed by atoms with Crippen LogP contribution in [0.25, 0.3) is 0 Å². The fourth-order valence-electron chi connectivity index (χ4n) is 3.43. The minimum Gasteiger partial charge on any atom is -0.490 e. The molecule has 2 aromatic rings. The predicted octanol–water partition coefficient (Wildman–Crippen LogP) is 1.97. The van der Waals surface area contributed by atoms with Crippen LogP contribution in [0.4, 0.5) is 11.4 Å². The maximum absolute atomic E-state index is 12.9. The summed E-state index contributed by atoms with van der Waals surface area (Å²) in [7, 11) is -2.77. The standard InChI is InChI=1S/C19H20N4O8S/c1-13-11-14(3-5-16(13)22(25)26)19(24)20-7-9-21(10-8-20)32(29,30)15-4-6-18(31-2)17(12-15)23(27)28/h3-6,11-12H,7-10H2,1-2H3. The number of hydrogen-bond donors (Lipinski definition) is 0. The number of hydrogen-bond acceptors (Lipinski definition) is 8. The van der Waals surface area contributed by atoms with Crippen molar-refractivity contribution in [2.45, 2.75) is 11.8 Å². The van der Waals surface area contributed by atoms with Crippen molar-refractivity contribution in [3.8, 4) is 5.75 Å².